The van der Waals surface area contributed by atoms with Crippen molar-refractivity contribution in [2.24, 2.45) is 13.0 Å². The normalized spacial score (nSPS) is 14.4. The molecule has 0 unspecified atom stereocenters. The Labute approximate surface area is 111 Å². The SMILES string of the molecule is Cn1cc(-c2ccc(CNC(=O)C3CC3)cn2)cn1. The molecule has 5 nitrogen and oxygen atoms in total. The van der Waals surface area contributed by atoms with E-state index in [1.165, 1.54) is 0 Å². The van der Waals surface area contributed by atoms with Gasteiger partial charge in [0.1, 0.15) is 0 Å². The number of rotatable bonds is 4. The molecule has 2 heterocycles. The van der Waals surface area contributed by atoms with Crippen molar-refractivity contribution in [3.05, 3.63) is 36.3 Å². The first-order chi connectivity index (χ1) is 9.22. The molecule has 0 aliphatic heterocycles. The summed E-state index contributed by atoms with van der Waals surface area (Å²) >= 11 is 0. The number of carbonyl (C=O) groups is 1. The van der Waals surface area contributed by atoms with E-state index < -0.39 is 0 Å². The number of nitrogens with one attached hydrogen (secondary N) is 1. The van der Waals surface area contributed by atoms with E-state index in [9.17, 15) is 4.79 Å². The van der Waals surface area contributed by atoms with E-state index >= 15 is 0 Å². The van der Waals surface area contributed by atoms with Crippen molar-refractivity contribution in [1.82, 2.24) is 20.1 Å². The zero-order valence-electron chi connectivity index (χ0n) is 10.8. The zero-order valence-corrected chi connectivity index (χ0v) is 10.8. The van der Waals surface area contributed by atoms with Crippen molar-refractivity contribution in [3.63, 3.8) is 0 Å². The summed E-state index contributed by atoms with van der Waals surface area (Å²) < 4.78 is 1.75. The average Bonchev–Trinajstić information content (AvgIpc) is 3.19. The van der Waals surface area contributed by atoms with E-state index in [0.717, 1.165) is 29.7 Å². The van der Waals surface area contributed by atoms with Crippen LogP contribution in [0.4, 0.5) is 0 Å². The van der Waals surface area contributed by atoms with Gasteiger partial charge in [-0.05, 0) is 24.5 Å². The van der Waals surface area contributed by atoms with Gasteiger partial charge in [0, 0.05) is 37.5 Å². The van der Waals surface area contributed by atoms with Gasteiger partial charge in [0.15, 0.2) is 0 Å². The lowest BCUT2D eigenvalue weighted by Gasteiger charge is -2.04. The maximum absolute atomic E-state index is 11.5. The molecule has 1 saturated carbocycles. The van der Waals surface area contributed by atoms with E-state index in [4.69, 9.17) is 0 Å². The Bertz CT molecular complexity index is 584. The van der Waals surface area contributed by atoms with E-state index in [1.54, 1.807) is 17.1 Å². The van der Waals surface area contributed by atoms with E-state index in [0.29, 0.717) is 6.54 Å². The largest absolute Gasteiger partial charge is 0.352 e. The van der Waals surface area contributed by atoms with E-state index in [-0.39, 0.29) is 11.8 Å². The Balaban J connectivity index is 1.63. The molecule has 0 saturated heterocycles. The molecule has 5 heteroatoms. The Morgan fingerprint density at radius 3 is 2.84 bits per heavy atom. The molecule has 0 aromatic carbocycles. The Hall–Kier alpha value is -2.17. The molecule has 19 heavy (non-hydrogen) atoms. The summed E-state index contributed by atoms with van der Waals surface area (Å²) in [4.78, 5) is 15.9. The summed E-state index contributed by atoms with van der Waals surface area (Å²) in [6.45, 7) is 0.551. The lowest BCUT2D eigenvalue weighted by molar-refractivity contribution is -0.122. The van der Waals surface area contributed by atoms with E-state index in [1.807, 2.05) is 25.4 Å². The third kappa shape index (κ3) is 2.81. The van der Waals surface area contributed by atoms with Crippen LogP contribution in [0.1, 0.15) is 18.4 Å². The van der Waals surface area contributed by atoms with Crippen LogP contribution < -0.4 is 5.32 Å². The topological polar surface area (TPSA) is 59.8 Å². The molecule has 98 valence electrons. The summed E-state index contributed by atoms with van der Waals surface area (Å²) in [6.07, 6.45) is 7.58. The second-order valence-electron chi connectivity index (χ2n) is 4.95. The Kier molecular flexibility index (Phi) is 3.03. The monoisotopic (exact) mass is 256 g/mol. The van der Waals surface area contributed by atoms with Crippen molar-refractivity contribution in [2.75, 3.05) is 0 Å². The van der Waals surface area contributed by atoms with Gasteiger partial charge in [-0.2, -0.15) is 5.10 Å². The zero-order chi connectivity index (χ0) is 13.2. The minimum absolute atomic E-state index is 0.163. The highest BCUT2D eigenvalue weighted by Gasteiger charge is 2.29. The number of aryl methyl sites for hydroxylation is 1. The first-order valence-electron chi connectivity index (χ1n) is 6.44. The van der Waals surface area contributed by atoms with Crippen molar-refractivity contribution in [1.29, 1.82) is 0 Å². The molecule has 2 aromatic rings. The maximum Gasteiger partial charge on any atom is 0.223 e. The van der Waals surface area contributed by atoms with Gasteiger partial charge in [0.05, 0.1) is 11.9 Å². The number of nitrogens with zero attached hydrogens (tertiary/aromatic N) is 3. The second kappa shape index (κ2) is 4.84. The van der Waals surface area contributed by atoms with Gasteiger partial charge in [0.2, 0.25) is 5.91 Å². The van der Waals surface area contributed by atoms with Crippen molar-refractivity contribution < 1.29 is 4.79 Å². The van der Waals surface area contributed by atoms with Crippen molar-refractivity contribution >= 4 is 5.91 Å². The van der Waals surface area contributed by atoms with Crippen LogP contribution in [0.15, 0.2) is 30.7 Å². The lowest BCUT2D eigenvalue weighted by atomic mass is 10.2. The smallest absolute Gasteiger partial charge is 0.223 e. The number of pyridine rings is 1. The lowest BCUT2D eigenvalue weighted by Crippen LogP contribution is -2.24. The predicted octanol–water partition coefficient (Wildman–Crippen LogP) is 1.51. The first-order valence-corrected chi connectivity index (χ1v) is 6.44. The molecule has 1 amide bonds. The number of carbonyl (C=O) groups excluding carboxylic acids is 1. The van der Waals surface area contributed by atoms with Gasteiger partial charge < -0.3 is 5.32 Å². The molecule has 1 fully saturated rings. The standard InChI is InChI=1S/C14H16N4O/c1-18-9-12(8-17-18)13-5-2-10(6-15-13)7-16-14(19)11-3-4-11/h2,5-6,8-9,11H,3-4,7H2,1H3,(H,16,19). The highest BCUT2D eigenvalue weighted by atomic mass is 16.2. The number of hydrogen-bond acceptors (Lipinski definition) is 3. The Morgan fingerprint density at radius 1 is 1.42 bits per heavy atom. The molecular formula is C14H16N4O. The van der Waals surface area contributed by atoms with Crippen LogP contribution in [0.5, 0.6) is 0 Å². The second-order valence-corrected chi connectivity index (χ2v) is 4.95. The molecule has 1 N–H and O–H groups in total. The molecule has 0 atom stereocenters. The summed E-state index contributed by atoms with van der Waals surface area (Å²) in [5, 5.41) is 7.05. The number of aromatic nitrogens is 3. The minimum atomic E-state index is 0.163. The summed E-state index contributed by atoms with van der Waals surface area (Å²) in [5.41, 5.74) is 2.91. The van der Waals surface area contributed by atoms with Gasteiger partial charge in [-0.25, -0.2) is 0 Å². The van der Waals surface area contributed by atoms with Crippen molar-refractivity contribution in [3.8, 4) is 11.3 Å². The quantitative estimate of drug-likeness (QED) is 0.902. The summed E-state index contributed by atoms with van der Waals surface area (Å²) in [6, 6.07) is 3.94. The van der Waals surface area contributed by atoms with E-state index in [2.05, 4.69) is 15.4 Å². The number of amides is 1. The molecule has 2 aromatic heterocycles. The van der Waals surface area contributed by atoms with Crippen LogP contribution in [-0.2, 0) is 18.4 Å². The van der Waals surface area contributed by atoms with Gasteiger partial charge in [-0.3, -0.25) is 14.5 Å². The molecule has 1 aliphatic rings. The fourth-order valence-corrected chi connectivity index (χ4v) is 1.93. The van der Waals surface area contributed by atoms with Gasteiger partial charge >= 0.3 is 0 Å². The van der Waals surface area contributed by atoms with Gasteiger partial charge in [-0.1, -0.05) is 6.07 Å². The summed E-state index contributed by atoms with van der Waals surface area (Å²) in [5.74, 6) is 0.416. The molecule has 0 bridgehead atoms. The molecule has 0 spiro atoms. The third-order valence-electron chi connectivity index (χ3n) is 3.24. The van der Waals surface area contributed by atoms with Crippen LogP contribution >= 0.6 is 0 Å². The minimum Gasteiger partial charge on any atom is -0.352 e. The first kappa shape index (κ1) is 11.9. The van der Waals surface area contributed by atoms with Crippen LogP contribution in [0.2, 0.25) is 0 Å². The fourth-order valence-electron chi connectivity index (χ4n) is 1.93. The van der Waals surface area contributed by atoms with Crippen LogP contribution in [0.3, 0.4) is 0 Å². The van der Waals surface area contributed by atoms with Crippen LogP contribution in [0.25, 0.3) is 11.3 Å². The van der Waals surface area contributed by atoms with Crippen LogP contribution in [-0.4, -0.2) is 20.7 Å². The average molecular weight is 256 g/mol. The molecule has 0 radical (unpaired) electrons. The highest BCUT2D eigenvalue weighted by molar-refractivity contribution is 5.80. The van der Waals surface area contributed by atoms with Crippen LogP contribution in [0, 0.1) is 5.92 Å². The van der Waals surface area contributed by atoms with Gasteiger partial charge in [-0.15, -0.1) is 0 Å². The highest BCUT2D eigenvalue weighted by Crippen LogP contribution is 2.28. The molecular weight excluding hydrogens is 240 g/mol. The van der Waals surface area contributed by atoms with Crippen molar-refractivity contribution in [2.45, 2.75) is 19.4 Å². The maximum atomic E-state index is 11.5. The fraction of sp³-hybridized carbons (Fsp3) is 0.357. The third-order valence-corrected chi connectivity index (χ3v) is 3.24. The Morgan fingerprint density at radius 2 is 2.26 bits per heavy atom. The molecule has 1 aliphatic carbocycles. The molecule has 3 rings (SSSR count). The number of hydrogen-bond donors (Lipinski definition) is 1. The summed E-state index contributed by atoms with van der Waals surface area (Å²) in [7, 11) is 1.88. The predicted molar refractivity (Wildman–Crippen MR) is 71.0 cm³/mol. The van der Waals surface area contributed by atoms with Gasteiger partial charge in [0.25, 0.3) is 0 Å².